The molecule has 1 saturated heterocycles. The van der Waals surface area contributed by atoms with Crippen LogP contribution in [0, 0.1) is 0 Å². The molecule has 0 amide bonds. The summed E-state index contributed by atoms with van der Waals surface area (Å²) >= 11 is 0. The summed E-state index contributed by atoms with van der Waals surface area (Å²) in [6.45, 7) is 3.27. The summed E-state index contributed by atoms with van der Waals surface area (Å²) in [5.74, 6) is 0.103. The number of hydrogen-bond acceptors (Lipinski definition) is 3. The highest BCUT2D eigenvalue weighted by Gasteiger charge is 2.34. The van der Waals surface area contributed by atoms with E-state index in [-0.39, 0.29) is 11.6 Å². The Morgan fingerprint density at radius 3 is 2.52 bits per heavy atom. The van der Waals surface area contributed by atoms with Gasteiger partial charge < -0.3 is 15.4 Å². The topological polar surface area (TPSA) is 38.5 Å². The fourth-order valence-corrected chi connectivity index (χ4v) is 2.87. The zero-order valence-corrected chi connectivity index (χ0v) is 12.1. The van der Waals surface area contributed by atoms with E-state index in [1.54, 1.807) is 13.2 Å². The number of piperidine rings is 1. The molecule has 0 unspecified atom stereocenters. The molecule has 1 heterocycles. The highest BCUT2D eigenvalue weighted by Crippen LogP contribution is 2.39. The van der Waals surface area contributed by atoms with E-state index in [0.717, 1.165) is 38.5 Å². The lowest BCUT2D eigenvalue weighted by molar-refractivity contribution is -0.136. The first kappa shape index (κ1) is 16.1. The van der Waals surface area contributed by atoms with E-state index in [4.69, 9.17) is 10.5 Å². The second-order valence-electron chi connectivity index (χ2n) is 5.41. The molecule has 0 radical (unpaired) electrons. The second kappa shape index (κ2) is 6.66. The maximum atomic E-state index is 12.9. The predicted octanol–water partition coefficient (Wildman–Crippen LogP) is 3.11. The van der Waals surface area contributed by atoms with Gasteiger partial charge in [-0.05, 0) is 43.5 Å². The molecular formula is C15H21F3N2O. The average Bonchev–Trinajstić information content (AvgIpc) is 2.45. The van der Waals surface area contributed by atoms with Crippen molar-refractivity contribution >= 4 is 5.69 Å². The van der Waals surface area contributed by atoms with Crippen molar-refractivity contribution in [2.24, 2.45) is 0 Å². The number of halogens is 3. The Kier molecular flexibility index (Phi) is 5.11. The average molecular weight is 302 g/mol. The molecule has 0 saturated carbocycles. The fourth-order valence-electron chi connectivity index (χ4n) is 2.87. The Hall–Kier alpha value is -1.27. The molecule has 118 valence electrons. The minimum absolute atomic E-state index is 0.103. The number of ether oxygens (including phenoxy) is 1. The number of rotatable bonds is 4. The molecule has 0 aromatic heterocycles. The Bertz CT molecular complexity index is 468. The third kappa shape index (κ3) is 3.89. The SMILES string of the molecule is COCCN1CCC(c2cccc(C(F)(F)F)c2N)CC1. The Labute approximate surface area is 122 Å². The normalized spacial score (nSPS) is 18.1. The molecule has 1 aliphatic rings. The largest absolute Gasteiger partial charge is 0.418 e. The summed E-state index contributed by atoms with van der Waals surface area (Å²) in [4.78, 5) is 2.27. The maximum absolute atomic E-state index is 12.9. The van der Waals surface area contributed by atoms with Gasteiger partial charge in [-0.25, -0.2) is 0 Å². The molecule has 21 heavy (non-hydrogen) atoms. The molecule has 2 rings (SSSR count). The van der Waals surface area contributed by atoms with Gasteiger partial charge in [0, 0.05) is 19.3 Å². The van der Waals surface area contributed by atoms with Gasteiger partial charge >= 0.3 is 6.18 Å². The maximum Gasteiger partial charge on any atom is 0.418 e. The zero-order chi connectivity index (χ0) is 15.5. The molecule has 1 aliphatic heterocycles. The Morgan fingerprint density at radius 2 is 1.95 bits per heavy atom. The van der Waals surface area contributed by atoms with Gasteiger partial charge in [0.25, 0.3) is 0 Å². The van der Waals surface area contributed by atoms with Crippen LogP contribution in [-0.2, 0) is 10.9 Å². The third-order valence-electron chi connectivity index (χ3n) is 4.08. The van der Waals surface area contributed by atoms with Gasteiger partial charge in [0.1, 0.15) is 0 Å². The first-order chi connectivity index (χ1) is 9.93. The van der Waals surface area contributed by atoms with E-state index in [1.165, 1.54) is 6.07 Å². The van der Waals surface area contributed by atoms with Crippen molar-refractivity contribution in [3.05, 3.63) is 29.3 Å². The summed E-state index contributed by atoms with van der Waals surface area (Å²) in [6, 6.07) is 4.22. The number of para-hydroxylation sites is 1. The quantitative estimate of drug-likeness (QED) is 0.869. The summed E-state index contributed by atoms with van der Waals surface area (Å²) < 4.78 is 43.7. The van der Waals surface area contributed by atoms with E-state index in [0.29, 0.717) is 12.2 Å². The molecule has 1 aromatic carbocycles. The van der Waals surface area contributed by atoms with Gasteiger partial charge in [-0.2, -0.15) is 13.2 Å². The molecule has 1 aromatic rings. The van der Waals surface area contributed by atoms with Crippen LogP contribution in [0.5, 0.6) is 0 Å². The van der Waals surface area contributed by atoms with Crippen LogP contribution in [0.15, 0.2) is 18.2 Å². The Morgan fingerprint density at radius 1 is 1.29 bits per heavy atom. The molecule has 0 aliphatic carbocycles. The van der Waals surface area contributed by atoms with Gasteiger partial charge in [-0.15, -0.1) is 0 Å². The van der Waals surface area contributed by atoms with E-state index in [1.807, 2.05) is 0 Å². The van der Waals surface area contributed by atoms with Crippen LogP contribution in [0.25, 0.3) is 0 Å². The van der Waals surface area contributed by atoms with Crippen molar-refractivity contribution in [2.45, 2.75) is 24.9 Å². The van der Waals surface area contributed by atoms with Gasteiger partial charge in [0.2, 0.25) is 0 Å². The van der Waals surface area contributed by atoms with Gasteiger partial charge in [-0.3, -0.25) is 0 Å². The summed E-state index contributed by atoms with van der Waals surface area (Å²) in [7, 11) is 1.66. The minimum Gasteiger partial charge on any atom is -0.398 e. The first-order valence-corrected chi connectivity index (χ1v) is 7.10. The lowest BCUT2D eigenvalue weighted by Crippen LogP contribution is -2.35. The highest BCUT2D eigenvalue weighted by molar-refractivity contribution is 5.56. The van der Waals surface area contributed by atoms with E-state index in [2.05, 4.69) is 4.90 Å². The Balaban J connectivity index is 2.07. The summed E-state index contributed by atoms with van der Waals surface area (Å²) in [5.41, 5.74) is 5.57. The van der Waals surface area contributed by atoms with E-state index < -0.39 is 11.7 Å². The summed E-state index contributed by atoms with van der Waals surface area (Å²) in [6.07, 6.45) is -2.73. The lowest BCUT2D eigenvalue weighted by Gasteiger charge is -2.32. The van der Waals surface area contributed by atoms with E-state index >= 15 is 0 Å². The smallest absolute Gasteiger partial charge is 0.398 e. The van der Waals surface area contributed by atoms with Crippen LogP contribution in [0.2, 0.25) is 0 Å². The minimum atomic E-state index is -4.39. The first-order valence-electron chi connectivity index (χ1n) is 7.10. The van der Waals surface area contributed by atoms with Crippen molar-refractivity contribution in [3.8, 4) is 0 Å². The van der Waals surface area contributed by atoms with Crippen LogP contribution >= 0.6 is 0 Å². The van der Waals surface area contributed by atoms with Crippen LogP contribution in [0.4, 0.5) is 18.9 Å². The number of nitrogens with two attached hydrogens (primary N) is 1. The number of likely N-dealkylation sites (tertiary alicyclic amines) is 1. The van der Waals surface area contributed by atoms with Gasteiger partial charge in [-0.1, -0.05) is 12.1 Å². The molecule has 0 spiro atoms. The number of nitrogen functional groups attached to an aromatic ring is 1. The molecule has 3 nitrogen and oxygen atoms in total. The van der Waals surface area contributed by atoms with Crippen LogP contribution in [0.1, 0.15) is 29.9 Å². The standard InChI is InChI=1S/C15H21F3N2O/c1-21-10-9-20-7-5-11(6-8-20)12-3-2-4-13(14(12)19)15(16,17)18/h2-4,11H,5-10,19H2,1H3. The summed E-state index contributed by atoms with van der Waals surface area (Å²) in [5, 5.41) is 0. The monoisotopic (exact) mass is 302 g/mol. The molecule has 0 atom stereocenters. The number of methoxy groups -OCH3 is 1. The number of alkyl halides is 3. The van der Waals surface area contributed by atoms with Gasteiger partial charge in [0.15, 0.2) is 0 Å². The fraction of sp³-hybridized carbons (Fsp3) is 0.600. The van der Waals surface area contributed by atoms with Crippen LogP contribution in [0.3, 0.4) is 0 Å². The number of anilines is 1. The third-order valence-corrected chi connectivity index (χ3v) is 4.08. The molecule has 1 fully saturated rings. The molecule has 2 N–H and O–H groups in total. The second-order valence-corrected chi connectivity index (χ2v) is 5.41. The highest BCUT2D eigenvalue weighted by atomic mass is 19.4. The van der Waals surface area contributed by atoms with E-state index in [9.17, 15) is 13.2 Å². The number of nitrogens with zero attached hydrogens (tertiary/aromatic N) is 1. The molecule has 0 bridgehead atoms. The predicted molar refractivity (Wildman–Crippen MR) is 76.1 cm³/mol. The van der Waals surface area contributed by atoms with Gasteiger partial charge in [0.05, 0.1) is 12.2 Å². The van der Waals surface area contributed by atoms with Crippen LogP contribution < -0.4 is 5.73 Å². The number of benzene rings is 1. The van der Waals surface area contributed by atoms with Crippen molar-refractivity contribution < 1.29 is 17.9 Å². The van der Waals surface area contributed by atoms with Crippen molar-refractivity contribution in [3.63, 3.8) is 0 Å². The van der Waals surface area contributed by atoms with Crippen molar-refractivity contribution in [1.82, 2.24) is 4.90 Å². The van der Waals surface area contributed by atoms with Crippen molar-refractivity contribution in [2.75, 3.05) is 39.1 Å². The van der Waals surface area contributed by atoms with Crippen LogP contribution in [-0.4, -0.2) is 38.3 Å². The lowest BCUT2D eigenvalue weighted by atomic mass is 9.87. The molecular weight excluding hydrogens is 281 g/mol. The molecule has 6 heteroatoms. The zero-order valence-electron chi connectivity index (χ0n) is 12.1. The van der Waals surface area contributed by atoms with Crippen molar-refractivity contribution in [1.29, 1.82) is 0 Å². The number of hydrogen-bond donors (Lipinski definition) is 1.